The number of aromatic amines is 1. The Bertz CT molecular complexity index is 649. The highest BCUT2D eigenvalue weighted by atomic mass is 79.9. The van der Waals surface area contributed by atoms with Crippen molar-refractivity contribution in [2.75, 3.05) is 5.73 Å². The van der Waals surface area contributed by atoms with E-state index in [2.05, 4.69) is 25.9 Å². The number of nitrogens with two attached hydrogens (primary N) is 1. The summed E-state index contributed by atoms with van der Waals surface area (Å²) in [6.07, 6.45) is 0.575. The summed E-state index contributed by atoms with van der Waals surface area (Å²) in [5.74, 6) is 0.795. The van der Waals surface area contributed by atoms with Crippen LogP contribution in [-0.2, 0) is 6.42 Å². The van der Waals surface area contributed by atoms with Gasteiger partial charge in [-0.1, -0.05) is 35.0 Å². The van der Waals surface area contributed by atoms with Crippen molar-refractivity contribution in [2.24, 2.45) is 0 Å². The van der Waals surface area contributed by atoms with Crippen LogP contribution in [0.3, 0.4) is 0 Å². The van der Waals surface area contributed by atoms with Crippen LogP contribution in [0, 0.1) is 6.92 Å². The number of benzene rings is 1. The normalized spacial score (nSPS) is 10.6. The third-order valence-electron chi connectivity index (χ3n) is 2.85. The standard InChI is InChI=1S/C13H14BrN3O/c1-3-9-11(15)16-12(17-13(9)18)8-5-4-7(2)10(14)6-8/h4-6H,3H2,1-2H3,(H3,15,16,17,18). The van der Waals surface area contributed by atoms with Gasteiger partial charge in [0.05, 0.1) is 5.56 Å². The lowest BCUT2D eigenvalue weighted by molar-refractivity contribution is 1.02. The van der Waals surface area contributed by atoms with Crippen LogP contribution in [0.4, 0.5) is 5.82 Å². The second kappa shape index (κ2) is 4.94. The predicted octanol–water partition coefficient (Wildman–Crippen LogP) is 2.65. The van der Waals surface area contributed by atoms with Crippen molar-refractivity contribution < 1.29 is 0 Å². The van der Waals surface area contributed by atoms with Gasteiger partial charge in [-0.05, 0) is 25.0 Å². The summed E-state index contributed by atoms with van der Waals surface area (Å²) in [7, 11) is 0. The Hall–Kier alpha value is -1.62. The molecule has 0 fully saturated rings. The van der Waals surface area contributed by atoms with Crippen molar-refractivity contribution in [2.45, 2.75) is 20.3 Å². The first-order chi connectivity index (χ1) is 8.52. The maximum Gasteiger partial charge on any atom is 0.256 e. The molecule has 0 aliphatic rings. The smallest absolute Gasteiger partial charge is 0.256 e. The molecule has 0 aliphatic carbocycles. The van der Waals surface area contributed by atoms with Crippen LogP contribution in [0.15, 0.2) is 27.5 Å². The number of nitrogens with zero attached hydrogens (tertiary/aromatic N) is 1. The van der Waals surface area contributed by atoms with E-state index in [1.165, 1.54) is 0 Å². The number of anilines is 1. The highest BCUT2D eigenvalue weighted by Gasteiger charge is 2.09. The number of H-pyrrole nitrogens is 1. The minimum Gasteiger partial charge on any atom is -0.383 e. The van der Waals surface area contributed by atoms with Crippen LogP contribution in [-0.4, -0.2) is 9.97 Å². The van der Waals surface area contributed by atoms with Gasteiger partial charge in [-0.3, -0.25) is 4.79 Å². The summed E-state index contributed by atoms with van der Waals surface area (Å²) in [5.41, 5.74) is 8.11. The Kier molecular flexibility index (Phi) is 3.52. The number of hydrogen-bond acceptors (Lipinski definition) is 3. The molecular formula is C13H14BrN3O. The van der Waals surface area contributed by atoms with E-state index >= 15 is 0 Å². The molecule has 0 bridgehead atoms. The molecule has 1 aromatic carbocycles. The first kappa shape index (κ1) is 12.8. The molecule has 0 unspecified atom stereocenters. The van der Waals surface area contributed by atoms with Crippen LogP contribution in [0.1, 0.15) is 18.1 Å². The van der Waals surface area contributed by atoms with Crippen molar-refractivity contribution >= 4 is 21.7 Å². The van der Waals surface area contributed by atoms with Crippen molar-refractivity contribution in [1.29, 1.82) is 0 Å². The van der Waals surface area contributed by atoms with Crippen molar-refractivity contribution in [3.05, 3.63) is 44.2 Å². The summed E-state index contributed by atoms with van der Waals surface area (Å²) < 4.78 is 0.973. The first-order valence-electron chi connectivity index (χ1n) is 5.68. The number of halogens is 1. The molecule has 94 valence electrons. The lowest BCUT2D eigenvalue weighted by Crippen LogP contribution is -2.17. The highest BCUT2D eigenvalue weighted by molar-refractivity contribution is 9.10. The molecule has 2 aromatic rings. The Balaban J connectivity index is 2.58. The number of nitrogens with one attached hydrogen (secondary N) is 1. The minimum atomic E-state index is -0.170. The summed E-state index contributed by atoms with van der Waals surface area (Å²) in [6, 6.07) is 5.78. The predicted molar refractivity (Wildman–Crippen MR) is 76.5 cm³/mol. The number of rotatable bonds is 2. The molecule has 0 saturated heterocycles. The van der Waals surface area contributed by atoms with Crippen molar-refractivity contribution in [1.82, 2.24) is 9.97 Å². The summed E-state index contributed by atoms with van der Waals surface area (Å²) >= 11 is 3.46. The molecular weight excluding hydrogens is 294 g/mol. The van der Waals surface area contributed by atoms with E-state index in [1.807, 2.05) is 32.0 Å². The largest absolute Gasteiger partial charge is 0.383 e. The molecule has 0 saturated carbocycles. The molecule has 1 aromatic heterocycles. The lowest BCUT2D eigenvalue weighted by Gasteiger charge is -2.07. The number of nitrogen functional groups attached to an aromatic ring is 1. The first-order valence-corrected chi connectivity index (χ1v) is 6.47. The fourth-order valence-corrected chi connectivity index (χ4v) is 2.11. The SMILES string of the molecule is CCc1c(N)nc(-c2ccc(C)c(Br)c2)[nH]c1=O. The average Bonchev–Trinajstić information content (AvgIpc) is 2.32. The van der Waals surface area contributed by atoms with Gasteiger partial charge in [0.2, 0.25) is 0 Å². The van der Waals surface area contributed by atoms with Crippen LogP contribution in [0.5, 0.6) is 0 Å². The van der Waals surface area contributed by atoms with Gasteiger partial charge in [-0.15, -0.1) is 0 Å². The van der Waals surface area contributed by atoms with Gasteiger partial charge in [0.1, 0.15) is 11.6 Å². The van der Waals surface area contributed by atoms with Crippen molar-refractivity contribution in [3.63, 3.8) is 0 Å². The Morgan fingerprint density at radius 1 is 1.44 bits per heavy atom. The molecule has 3 N–H and O–H groups in total. The van der Waals surface area contributed by atoms with E-state index in [1.54, 1.807) is 0 Å². The van der Waals surface area contributed by atoms with Crippen LogP contribution in [0.25, 0.3) is 11.4 Å². The van der Waals surface area contributed by atoms with Gasteiger partial charge in [0, 0.05) is 10.0 Å². The quantitative estimate of drug-likeness (QED) is 0.896. The number of hydrogen-bond donors (Lipinski definition) is 2. The van der Waals surface area contributed by atoms with E-state index in [9.17, 15) is 4.79 Å². The van der Waals surface area contributed by atoms with E-state index in [-0.39, 0.29) is 5.56 Å². The fourth-order valence-electron chi connectivity index (χ4n) is 1.73. The summed E-state index contributed by atoms with van der Waals surface area (Å²) in [4.78, 5) is 18.8. The third kappa shape index (κ3) is 2.31. The average molecular weight is 308 g/mol. The Labute approximate surface area is 113 Å². The molecule has 0 amide bonds. The lowest BCUT2D eigenvalue weighted by atomic mass is 10.1. The van der Waals surface area contributed by atoms with E-state index in [4.69, 9.17) is 5.73 Å². The number of aryl methyl sites for hydroxylation is 1. The zero-order chi connectivity index (χ0) is 13.3. The second-order valence-corrected chi connectivity index (χ2v) is 4.95. The van der Waals surface area contributed by atoms with Crippen LogP contribution in [0.2, 0.25) is 0 Å². The molecule has 5 heteroatoms. The van der Waals surface area contributed by atoms with Crippen LogP contribution >= 0.6 is 15.9 Å². The minimum absolute atomic E-state index is 0.170. The van der Waals surface area contributed by atoms with Gasteiger partial charge in [-0.2, -0.15) is 0 Å². The van der Waals surface area contributed by atoms with Crippen LogP contribution < -0.4 is 11.3 Å². The Morgan fingerprint density at radius 3 is 2.72 bits per heavy atom. The molecule has 4 nitrogen and oxygen atoms in total. The fraction of sp³-hybridized carbons (Fsp3) is 0.231. The number of aromatic nitrogens is 2. The maximum atomic E-state index is 11.8. The topological polar surface area (TPSA) is 71.8 Å². The summed E-state index contributed by atoms with van der Waals surface area (Å²) in [6.45, 7) is 3.88. The highest BCUT2D eigenvalue weighted by Crippen LogP contribution is 2.23. The zero-order valence-electron chi connectivity index (χ0n) is 10.2. The molecule has 0 aliphatic heterocycles. The monoisotopic (exact) mass is 307 g/mol. The molecule has 1 heterocycles. The van der Waals surface area contributed by atoms with Gasteiger partial charge in [-0.25, -0.2) is 4.98 Å². The second-order valence-electron chi connectivity index (χ2n) is 4.10. The molecule has 18 heavy (non-hydrogen) atoms. The molecule has 0 atom stereocenters. The summed E-state index contributed by atoms with van der Waals surface area (Å²) in [5, 5.41) is 0. The van der Waals surface area contributed by atoms with Gasteiger partial charge < -0.3 is 10.7 Å². The van der Waals surface area contributed by atoms with E-state index in [0.717, 1.165) is 15.6 Å². The molecule has 2 rings (SSSR count). The Morgan fingerprint density at radius 2 is 2.17 bits per heavy atom. The third-order valence-corrected chi connectivity index (χ3v) is 3.70. The van der Waals surface area contributed by atoms with Gasteiger partial charge in [0.15, 0.2) is 0 Å². The van der Waals surface area contributed by atoms with Gasteiger partial charge >= 0.3 is 0 Å². The molecule has 0 spiro atoms. The zero-order valence-corrected chi connectivity index (χ0v) is 11.8. The molecule has 0 radical (unpaired) electrons. The van der Waals surface area contributed by atoms with Gasteiger partial charge in [0.25, 0.3) is 5.56 Å². The van der Waals surface area contributed by atoms with Crippen molar-refractivity contribution in [3.8, 4) is 11.4 Å². The maximum absolute atomic E-state index is 11.8. The van der Waals surface area contributed by atoms with E-state index < -0.39 is 0 Å². The van der Waals surface area contributed by atoms with E-state index in [0.29, 0.717) is 23.6 Å².